The number of urea groups is 1. The third-order valence-electron chi connectivity index (χ3n) is 2.87. The number of nitrogens with one attached hydrogen (secondary N) is 1. The lowest BCUT2D eigenvalue weighted by Gasteiger charge is -2.29. The number of aliphatic carboxylic acids is 1. The summed E-state index contributed by atoms with van der Waals surface area (Å²) >= 11 is 0. The standard InChI is InChI=1S/C10H18N2O4/c1-7(2)12(3)9(15)11-10(8(13)14)4-5-16-6-10/h7H,4-6H2,1-3H3,(H,11,15)(H,13,14). The van der Waals surface area contributed by atoms with Crippen molar-refractivity contribution in [1.82, 2.24) is 10.2 Å². The summed E-state index contributed by atoms with van der Waals surface area (Å²) in [5.74, 6) is -1.05. The summed E-state index contributed by atoms with van der Waals surface area (Å²) in [5.41, 5.74) is -1.26. The van der Waals surface area contributed by atoms with Gasteiger partial charge in [0.25, 0.3) is 0 Å². The number of amides is 2. The van der Waals surface area contributed by atoms with Crippen LogP contribution in [0.3, 0.4) is 0 Å². The second-order valence-electron chi connectivity index (χ2n) is 4.32. The summed E-state index contributed by atoms with van der Waals surface area (Å²) in [6.07, 6.45) is 0.306. The molecule has 1 saturated heterocycles. The van der Waals surface area contributed by atoms with Crippen molar-refractivity contribution in [3.63, 3.8) is 0 Å². The molecule has 2 N–H and O–H groups in total. The van der Waals surface area contributed by atoms with Crippen molar-refractivity contribution in [3.05, 3.63) is 0 Å². The molecule has 1 aliphatic rings. The minimum absolute atomic E-state index is 0.0215. The maximum atomic E-state index is 11.7. The van der Waals surface area contributed by atoms with Gasteiger partial charge in [0.2, 0.25) is 0 Å². The topological polar surface area (TPSA) is 78.9 Å². The van der Waals surface area contributed by atoms with E-state index in [-0.39, 0.29) is 18.7 Å². The van der Waals surface area contributed by atoms with Gasteiger partial charge in [0.15, 0.2) is 5.54 Å². The molecule has 1 unspecified atom stereocenters. The van der Waals surface area contributed by atoms with Crippen LogP contribution in [0, 0.1) is 0 Å². The second-order valence-corrected chi connectivity index (χ2v) is 4.32. The molecule has 0 aliphatic carbocycles. The average molecular weight is 230 g/mol. The van der Waals surface area contributed by atoms with Crippen molar-refractivity contribution in [2.75, 3.05) is 20.3 Å². The highest BCUT2D eigenvalue weighted by molar-refractivity contribution is 5.86. The lowest BCUT2D eigenvalue weighted by atomic mass is 9.99. The zero-order valence-electron chi connectivity index (χ0n) is 9.82. The molecule has 1 atom stereocenters. The molecule has 1 heterocycles. The van der Waals surface area contributed by atoms with Gasteiger partial charge in [-0.1, -0.05) is 0 Å². The van der Waals surface area contributed by atoms with Gasteiger partial charge in [-0.2, -0.15) is 0 Å². The zero-order valence-corrected chi connectivity index (χ0v) is 9.82. The van der Waals surface area contributed by atoms with E-state index in [1.54, 1.807) is 7.05 Å². The molecule has 0 saturated carbocycles. The number of carbonyl (C=O) groups is 2. The molecule has 0 bridgehead atoms. The van der Waals surface area contributed by atoms with Crippen LogP contribution < -0.4 is 5.32 Å². The molecule has 92 valence electrons. The molecule has 6 nitrogen and oxygen atoms in total. The van der Waals surface area contributed by atoms with Crippen LogP contribution in [0.2, 0.25) is 0 Å². The molecule has 6 heteroatoms. The fourth-order valence-corrected chi connectivity index (χ4v) is 1.41. The molecule has 2 amide bonds. The van der Waals surface area contributed by atoms with Crippen molar-refractivity contribution in [3.8, 4) is 0 Å². The minimum atomic E-state index is -1.26. The monoisotopic (exact) mass is 230 g/mol. The minimum Gasteiger partial charge on any atom is -0.479 e. The van der Waals surface area contributed by atoms with Crippen LogP contribution in [0.15, 0.2) is 0 Å². The van der Waals surface area contributed by atoms with Gasteiger partial charge in [0, 0.05) is 26.1 Å². The molecule has 0 spiro atoms. The Morgan fingerprint density at radius 3 is 2.50 bits per heavy atom. The molecule has 0 aromatic rings. The van der Waals surface area contributed by atoms with Crippen molar-refractivity contribution in [1.29, 1.82) is 0 Å². The summed E-state index contributed by atoms with van der Waals surface area (Å²) in [5, 5.41) is 11.7. The van der Waals surface area contributed by atoms with Gasteiger partial charge in [-0.25, -0.2) is 9.59 Å². The molecular weight excluding hydrogens is 212 g/mol. The van der Waals surface area contributed by atoms with Crippen LogP contribution >= 0.6 is 0 Å². The quantitative estimate of drug-likeness (QED) is 0.730. The Morgan fingerprint density at radius 1 is 1.50 bits per heavy atom. The molecule has 0 aromatic carbocycles. The molecule has 0 aromatic heterocycles. The highest BCUT2D eigenvalue weighted by atomic mass is 16.5. The van der Waals surface area contributed by atoms with Gasteiger partial charge in [-0.3, -0.25) is 0 Å². The molecule has 1 fully saturated rings. The summed E-state index contributed by atoms with van der Waals surface area (Å²) in [4.78, 5) is 24.3. The maximum Gasteiger partial charge on any atom is 0.332 e. The Bertz CT molecular complexity index is 285. The first-order valence-electron chi connectivity index (χ1n) is 5.25. The van der Waals surface area contributed by atoms with Crippen LogP contribution in [-0.2, 0) is 9.53 Å². The lowest BCUT2D eigenvalue weighted by Crippen LogP contribution is -2.58. The van der Waals surface area contributed by atoms with E-state index in [1.807, 2.05) is 13.8 Å². The largest absolute Gasteiger partial charge is 0.479 e. The Kier molecular flexibility index (Phi) is 3.74. The average Bonchev–Trinajstić information content (AvgIpc) is 2.66. The van der Waals surface area contributed by atoms with Gasteiger partial charge in [0.05, 0.1) is 6.61 Å². The van der Waals surface area contributed by atoms with Crippen LogP contribution in [0.5, 0.6) is 0 Å². The number of carboxylic acids is 1. The van der Waals surface area contributed by atoms with Gasteiger partial charge < -0.3 is 20.1 Å². The Hall–Kier alpha value is -1.30. The number of rotatable bonds is 3. The number of ether oxygens (including phenoxy) is 1. The Morgan fingerprint density at radius 2 is 2.12 bits per heavy atom. The normalized spacial score (nSPS) is 24.5. The van der Waals surface area contributed by atoms with Crippen molar-refractivity contribution < 1.29 is 19.4 Å². The van der Waals surface area contributed by atoms with Gasteiger partial charge >= 0.3 is 12.0 Å². The van der Waals surface area contributed by atoms with Crippen molar-refractivity contribution in [2.24, 2.45) is 0 Å². The van der Waals surface area contributed by atoms with Crippen molar-refractivity contribution in [2.45, 2.75) is 31.8 Å². The number of carbonyl (C=O) groups excluding carboxylic acids is 1. The summed E-state index contributed by atoms with van der Waals surface area (Å²) < 4.78 is 5.05. The van der Waals surface area contributed by atoms with E-state index < -0.39 is 11.5 Å². The van der Waals surface area contributed by atoms with E-state index in [1.165, 1.54) is 4.90 Å². The fraction of sp³-hybridized carbons (Fsp3) is 0.800. The third kappa shape index (κ3) is 2.44. The van der Waals surface area contributed by atoms with Gasteiger partial charge in [0.1, 0.15) is 0 Å². The van der Waals surface area contributed by atoms with Crippen LogP contribution in [0.25, 0.3) is 0 Å². The van der Waals surface area contributed by atoms with E-state index in [0.717, 1.165) is 0 Å². The van der Waals surface area contributed by atoms with Crippen LogP contribution in [-0.4, -0.2) is 53.8 Å². The first kappa shape index (κ1) is 12.8. The molecule has 1 rings (SSSR count). The fourth-order valence-electron chi connectivity index (χ4n) is 1.41. The highest BCUT2D eigenvalue weighted by Gasteiger charge is 2.44. The van der Waals surface area contributed by atoms with Crippen LogP contribution in [0.4, 0.5) is 4.79 Å². The van der Waals surface area contributed by atoms with Gasteiger partial charge in [-0.15, -0.1) is 0 Å². The summed E-state index contributed by atoms with van der Waals surface area (Å²) in [6.45, 7) is 4.11. The van der Waals surface area contributed by atoms with Crippen LogP contribution in [0.1, 0.15) is 20.3 Å². The highest BCUT2D eigenvalue weighted by Crippen LogP contribution is 2.19. The first-order chi connectivity index (χ1) is 7.39. The van der Waals surface area contributed by atoms with E-state index in [9.17, 15) is 9.59 Å². The Balaban J connectivity index is 2.70. The van der Waals surface area contributed by atoms with Crippen molar-refractivity contribution >= 4 is 12.0 Å². The first-order valence-corrected chi connectivity index (χ1v) is 5.25. The molecule has 1 aliphatic heterocycles. The summed E-state index contributed by atoms with van der Waals surface area (Å²) in [6, 6.07) is -0.365. The van der Waals surface area contributed by atoms with E-state index >= 15 is 0 Å². The predicted octanol–water partition coefficient (Wildman–Crippen LogP) is 0.280. The van der Waals surface area contributed by atoms with E-state index in [2.05, 4.69) is 5.32 Å². The number of hydrogen-bond acceptors (Lipinski definition) is 3. The number of hydrogen-bond donors (Lipinski definition) is 2. The molecule has 16 heavy (non-hydrogen) atoms. The van der Waals surface area contributed by atoms with E-state index in [0.29, 0.717) is 13.0 Å². The number of carboxylic acid groups (broad SMARTS) is 1. The van der Waals surface area contributed by atoms with E-state index in [4.69, 9.17) is 9.84 Å². The van der Waals surface area contributed by atoms with Gasteiger partial charge in [-0.05, 0) is 13.8 Å². The zero-order chi connectivity index (χ0) is 12.3. The number of nitrogens with zero attached hydrogens (tertiary/aromatic N) is 1. The summed E-state index contributed by atoms with van der Waals surface area (Å²) in [7, 11) is 1.63. The molecule has 0 radical (unpaired) electrons. The maximum absolute atomic E-state index is 11.7. The second kappa shape index (κ2) is 4.69. The SMILES string of the molecule is CC(C)N(C)C(=O)NC1(C(=O)O)CCOC1. The lowest BCUT2D eigenvalue weighted by molar-refractivity contribution is -0.144. The third-order valence-corrected chi connectivity index (χ3v) is 2.87. The smallest absolute Gasteiger partial charge is 0.332 e. The molecular formula is C10H18N2O4. The Labute approximate surface area is 94.6 Å². The predicted molar refractivity (Wildman–Crippen MR) is 57.2 cm³/mol.